The zero-order chi connectivity index (χ0) is 24.7. The zero-order valence-corrected chi connectivity index (χ0v) is 20.3. The Kier molecular flexibility index (Phi) is 6.19. The fraction of sp³-hybridized carbons (Fsp3) is 0.385. The molecular weight excluding hydrogens is 448 g/mol. The minimum Gasteiger partial charge on any atom is -0.326 e. The van der Waals surface area contributed by atoms with Crippen molar-refractivity contribution in [3.05, 3.63) is 59.7 Å². The van der Waals surface area contributed by atoms with Crippen molar-refractivity contribution in [2.45, 2.75) is 46.1 Å². The molecule has 3 aromatic heterocycles. The van der Waals surface area contributed by atoms with E-state index in [9.17, 15) is 8.78 Å². The van der Waals surface area contributed by atoms with Gasteiger partial charge in [-0.15, -0.1) is 0 Å². The molecule has 1 aliphatic rings. The molecule has 1 saturated heterocycles. The minimum absolute atomic E-state index is 0.0106. The molecule has 2 atom stereocenters. The molecule has 35 heavy (non-hydrogen) atoms. The first-order valence-electron chi connectivity index (χ1n) is 12.0. The number of hydrogen-bond donors (Lipinski definition) is 2. The Morgan fingerprint density at radius 2 is 1.89 bits per heavy atom. The number of aromatic nitrogens is 5. The van der Waals surface area contributed by atoms with Crippen molar-refractivity contribution in [1.82, 2.24) is 29.8 Å². The summed E-state index contributed by atoms with van der Waals surface area (Å²) < 4.78 is 31.6. The Balaban J connectivity index is 1.43. The third-order valence-electron chi connectivity index (χ3n) is 6.82. The van der Waals surface area contributed by atoms with E-state index in [0.717, 1.165) is 25.7 Å². The van der Waals surface area contributed by atoms with Crippen molar-refractivity contribution in [3.8, 4) is 11.3 Å². The van der Waals surface area contributed by atoms with Crippen molar-refractivity contribution >= 4 is 22.8 Å². The molecule has 0 aliphatic carbocycles. The molecule has 7 nitrogen and oxygen atoms in total. The number of aryl methyl sites for hydroxylation is 1. The number of nitrogens with zero attached hydrogens (tertiary/aromatic N) is 5. The summed E-state index contributed by atoms with van der Waals surface area (Å²) in [5, 5.41) is 6.44. The summed E-state index contributed by atoms with van der Waals surface area (Å²) in [5.41, 5.74) is 2.37. The third-order valence-corrected chi connectivity index (χ3v) is 6.82. The van der Waals surface area contributed by atoms with Gasteiger partial charge >= 0.3 is 0 Å². The first kappa shape index (κ1) is 23.3. The van der Waals surface area contributed by atoms with Gasteiger partial charge in [-0.25, -0.2) is 28.7 Å². The zero-order valence-electron chi connectivity index (χ0n) is 20.3. The highest BCUT2D eigenvalue weighted by molar-refractivity contribution is 5.83. The van der Waals surface area contributed by atoms with Gasteiger partial charge in [-0.3, -0.25) is 0 Å². The number of pyridine rings is 1. The molecule has 0 radical (unpaired) electrons. The molecule has 0 saturated carbocycles. The fourth-order valence-electron chi connectivity index (χ4n) is 4.93. The van der Waals surface area contributed by atoms with Gasteiger partial charge in [0.1, 0.15) is 22.9 Å². The van der Waals surface area contributed by atoms with Crippen LogP contribution < -0.4 is 10.6 Å². The molecule has 2 unspecified atom stereocenters. The average molecular weight is 478 g/mol. The summed E-state index contributed by atoms with van der Waals surface area (Å²) in [6, 6.07) is 6.97. The number of halogens is 2. The Bertz CT molecular complexity index is 1360. The summed E-state index contributed by atoms with van der Waals surface area (Å²) in [6.45, 7) is 10.1. The molecule has 4 aromatic rings. The number of benzene rings is 1. The second-order valence-electron chi connectivity index (χ2n) is 9.48. The Morgan fingerprint density at radius 1 is 1.06 bits per heavy atom. The summed E-state index contributed by atoms with van der Waals surface area (Å²) in [6.07, 6.45) is 4.10. The maximum atomic E-state index is 14.9. The van der Waals surface area contributed by atoms with E-state index in [1.165, 1.54) is 11.6 Å². The normalized spacial score (nSPS) is 16.8. The number of imidazole rings is 1. The monoisotopic (exact) mass is 477 g/mol. The predicted molar refractivity (Wildman–Crippen MR) is 133 cm³/mol. The van der Waals surface area contributed by atoms with Crippen molar-refractivity contribution in [3.63, 3.8) is 0 Å². The molecule has 1 aliphatic heterocycles. The fourth-order valence-corrected chi connectivity index (χ4v) is 4.93. The molecule has 182 valence electrons. The summed E-state index contributed by atoms with van der Waals surface area (Å²) in [4.78, 5) is 17.3. The SMILES string of the molecule is Cc1nc2c(F)cc(-c3nc(Nc4ccc(C(C)C5CCNC5)cn4)ncc3F)cc2n1C(C)C. The number of fused-ring (bicyclic) bond motifs is 1. The highest BCUT2D eigenvalue weighted by Gasteiger charge is 2.23. The van der Waals surface area contributed by atoms with Crippen LogP contribution >= 0.6 is 0 Å². The van der Waals surface area contributed by atoms with Crippen LogP contribution in [0.1, 0.15) is 50.5 Å². The lowest BCUT2D eigenvalue weighted by Crippen LogP contribution is -2.14. The molecule has 0 amide bonds. The van der Waals surface area contributed by atoms with Crippen molar-refractivity contribution < 1.29 is 8.78 Å². The van der Waals surface area contributed by atoms with Gasteiger partial charge in [0.15, 0.2) is 11.6 Å². The van der Waals surface area contributed by atoms with Crippen LogP contribution in [0.15, 0.2) is 36.7 Å². The molecule has 1 aromatic carbocycles. The van der Waals surface area contributed by atoms with Crippen LogP contribution in [0.25, 0.3) is 22.3 Å². The second-order valence-corrected chi connectivity index (χ2v) is 9.48. The predicted octanol–water partition coefficient (Wildman–Crippen LogP) is 5.51. The standard InChI is InChI=1S/C26H29F2N7/c1-14(2)35-16(4)32-25-20(27)9-19(10-22(25)35)24-21(28)13-31-26(34-24)33-23-6-5-17(12-30-23)15(3)18-7-8-29-11-18/h5-6,9-10,12-15,18,29H,7-8,11H2,1-4H3,(H,30,31,33,34). The lowest BCUT2D eigenvalue weighted by atomic mass is 9.88. The van der Waals surface area contributed by atoms with Crippen molar-refractivity contribution in [2.24, 2.45) is 5.92 Å². The first-order chi connectivity index (χ1) is 16.8. The number of hydrogen-bond acceptors (Lipinski definition) is 6. The average Bonchev–Trinajstić information content (AvgIpc) is 3.48. The summed E-state index contributed by atoms with van der Waals surface area (Å²) >= 11 is 0. The van der Waals surface area contributed by atoms with E-state index in [-0.39, 0.29) is 23.2 Å². The van der Waals surface area contributed by atoms with Gasteiger partial charge in [-0.2, -0.15) is 0 Å². The van der Waals surface area contributed by atoms with E-state index in [1.807, 2.05) is 43.7 Å². The highest BCUT2D eigenvalue weighted by Crippen LogP contribution is 2.31. The molecule has 5 rings (SSSR count). The molecule has 0 spiro atoms. The molecule has 4 heterocycles. The second kappa shape index (κ2) is 9.30. The largest absolute Gasteiger partial charge is 0.326 e. The number of rotatable bonds is 6. The van der Waals surface area contributed by atoms with Gasteiger partial charge in [-0.05, 0) is 75.9 Å². The Labute approximate surface area is 203 Å². The van der Waals surface area contributed by atoms with Gasteiger partial charge < -0.3 is 15.2 Å². The molecule has 1 fully saturated rings. The van der Waals surface area contributed by atoms with Gasteiger partial charge in [0, 0.05) is 17.8 Å². The minimum atomic E-state index is -0.635. The molecule has 0 bridgehead atoms. The van der Waals surface area contributed by atoms with Crippen molar-refractivity contribution in [1.29, 1.82) is 0 Å². The topological polar surface area (TPSA) is 80.6 Å². The van der Waals surface area contributed by atoms with Gasteiger partial charge in [-0.1, -0.05) is 13.0 Å². The highest BCUT2D eigenvalue weighted by atomic mass is 19.1. The summed E-state index contributed by atoms with van der Waals surface area (Å²) in [5.74, 6) is 1.30. The maximum absolute atomic E-state index is 14.9. The van der Waals surface area contributed by atoms with Crippen LogP contribution in [0, 0.1) is 24.5 Å². The van der Waals surface area contributed by atoms with E-state index in [2.05, 4.69) is 37.5 Å². The Hall–Kier alpha value is -3.46. The van der Waals surface area contributed by atoms with Crippen LogP contribution in [0.5, 0.6) is 0 Å². The molecule has 2 N–H and O–H groups in total. The third kappa shape index (κ3) is 4.48. The van der Waals surface area contributed by atoms with E-state index in [1.54, 1.807) is 6.07 Å². The lowest BCUT2D eigenvalue weighted by Gasteiger charge is -2.18. The van der Waals surface area contributed by atoms with Gasteiger partial charge in [0.2, 0.25) is 5.95 Å². The quantitative estimate of drug-likeness (QED) is 0.381. The van der Waals surface area contributed by atoms with Gasteiger partial charge in [0.05, 0.1) is 11.7 Å². The van der Waals surface area contributed by atoms with Crippen LogP contribution in [-0.4, -0.2) is 37.6 Å². The van der Waals surface area contributed by atoms with E-state index in [4.69, 9.17) is 0 Å². The van der Waals surface area contributed by atoms with Crippen molar-refractivity contribution in [2.75, 3.05) is 18.4 Å². The van der Waals surface area contributed by atoms with Gasteiger partial charge in [0.25, 0.3) is 0 Å². The molecular formula is C26H29F2N7. The first-order valence-corrected chi connectivity index (χ1v) is 12.0. The smallest absolute Gasteiger partial charge is 0.229 e. The summed E-state index contributed by atoms with van der Waals surface area (Å²) in [7, 11) is 0. The van der Waals surface area contributed by atoms with Crippen LogP contribution in [-0.2, 0) is 0 Å². The van der Waals surface area contributed by atoms with Crippen LogP contribution in [0.4, 0.5) is 20.5 Å². The number of anilines is 2. The lowest BCUT2D eigenvalue weighted by molar-refractivity contribution is 0.486. The van der Waals surface area contributed by atoms with E-state index < -0.39 is 11.6 Å². The Morgan fingerprint density at radius 3 is 2.57 bits per heavy atom. The maximum Gasteiger partial charge on any atom is 0.229 e. The van der Waals surface area contributed by atoms with E-state index >= 15 is 0 Å². The van der Waals surface area contributed by atoms with Crippen LogP contribution in [0.3, 0.4) is 0 Å². The van der Waals surface area contributed by atoms with E-state index in [0.29, 0.717) is 34.6 Å². The van der Waals surface area contributed by atoms with Crippen LogP contribution in [0.2, 0.25) is 0 Å². The molecule has 9 heteroatoms. The number of nitrogens with one attached hydrogen (secondary N) is 2.